The van der Waals surface area contributed by atoms with Gasteiger partial charge in [-0.05, 0) is 49.4 Å². The fourth-order valence-corrected chi connectivity index (χ4v) is 2.73. The molecule has 0 aliphatic heterocycles. The standard InChI is InChI=1S/C21H19F2N3O3/c1-2-29-15-8-6-14(7-9-15)18-10-11-19(27)26(25-18)13-12-24-21(28)20-16(22)4-3-5-17(20)23/h3-11H,2,12-13H2,1H3,(H,24,28). The smallest absolute Gasteiger partial charge is 0.266 e. The highest BCUT2D eigenvalue weighted by atomic mass is 19.1. The van der Waals surface area contributed by atoms with Crippen LogP contribution in [0.5, 0.6) is 5.75 Å². The molecule has 0 bridgehead atoms. The largest absolute Gasteiger partial charge is 0.494 e. The minimum Gasteiger partial charge on any atom is -0.494 e. The molecule has 0 saturated heterocycles. The van der Waals surface area contributed by atoms with Crippen LogP contribution in [0.15, 0.2) is 59.4 Å². The van der Waals surface area contributed by atoms with Crippen LogP contribution in [0.4, 0.5) is 8.78 Å². The van der Waals surface area contributed by atoms with Crippen molar-refractivity contribution in [2.24, 2.45) is 0 Å². The fraction of sp³-hybridized carbons (Fsp3) is 0.190. The van der Waals surface area contributed by atoms with E-state index in [1.807, 2.05) is 19.1 Å². The van der Waals surface area contributed by atoms with Gasteiger partial charge in [-0.25, -0.2) is 13.5 Å². The Bertz CT molecular complexity index is 1050. The lowest BCUT2D eigenvalue weighted by atomic mass is 10.1. The van der Waals surface area contributed by atoms with Crippen molar-refractivity contribution in [2.75, 3.05) is 13.2 Å². The van der Waals surface area contributed by atoms with E-state index in [9.17, 15) is 18.4 Å². The molecule has 3 rings (SSSR count). The topological polar surface area (TPSA) is 73.2 Å². The molecule has 6 nitrogen and oxygen atoms in total. The average Bonchev–Trinajstić information content (AvgIpc) is 2.70. The van der Waals surface area contributed by atoms with Gasteiger partial charge in [-0.3, -0.25) is 9.59 Å². The van der Waals surface area contributed by atoms with Gasteiger partial charge >= 0.3 is 0 Å². The number of halogens is 2. The summed E-state index contributed by atoms with van der Waals surface area (Å²) in [4.78, 5) is 24.1. The summed E-state index contributed by atoms with van der Waals surface area (Å²) in [5.41, 5.74) is 0.348. The lowest BCUT2D eigenvalue weighted by Gasteiger charge is -2.10. The predicted octanol–water partition coefficient (Wildman–Crippen LogP) is 3.02. The number of ether oxygens (including phenoxy) is 1. The van der Waals surface area contributed by atoms with Crippen molar-refractivity contribution in [2.45, 2.75) is 13.5 Å². The van der Waals surface area contributed by atoms with Gasteiger partial charge in [0.25, 0.3) is 11.5 Å². The number of benzene rings is 2. The van der Waals surface area contributed by atoms with Gasteiger partial charge in [0.05, 0.1) is 18.8 Å². The second kappa shape index (κ2) is 9.09. The van der Waals surface area contributed by atoms with Crippen LogP contribution in [0.2, 0.25) is 0 Å². The molecule has 0 unspecified atom stereocenters. The number of hydrogen-bond donors (Lipinski definition) is 1. The Kier molecular flexibility index (Phi) is 6.33. The van der Waals surface area contributed by atoms with Crippen molar-refractivity contribution in [3.05, 3.63) is 82.1 Å². The molecule has 0 atom stereocenters. The van der Waals surface area contributed by atoms with Crippen molar-refractivity contribution < 1.29 is 18.3 Å². The van der Waals surface area contributed by atoms with E-state index < -0.39 is 23.1 Å². The molecule has 3 aromatic rings. The molecule has 150 valence electrons. The fourth-order valence-electron chi connectivity index (χ4n) is 2.73. The molecular formula is C21H19F2N3O3. The van der Waals surface area contributed by atoms with Gasteiger partial charge in [-0.1, -0.05) is 6.07 Å². The second-order valence-corrected chi connectivity index (χ2v) is 6.09. The molecular weight excluding hydrogens is 380 g/mol. The van der Waals surface area contributed by atoms with Gasteiger partial charge < -0.3 is 10.1 Å². The van der Waals surface area contributed by atoms with Gasteiger partial charge in [0.2, 0.25) is 0 Å². The van der Waals surface area contributed by atoms with E-state index in [0.29, 0.717) is 12.3 Å². The summed E-state index contributed by atoms with van der Waals surface area (Å²) in [6.45, 7) is 2.48. The summed E-state index contributed by atoms with van der Waals surface area (Å²) in [7, 11) is 0. The van der Waals surface area contributed by atoms with Gasteiger partial charge in [-0.15, -0.1) is 0 Å². The van der Waals surface area contributed by atoms with Gasteiger partial charge in [-0.2, -0.15) is 5.10 Å². The van der Waals surface area contributed by atoms with Crippen molar-refractivity contribution in [1.29, 1.82) is 0 Å². The molecule has 0 spiro atoms. The van der Waals surface area contributed by atoms with Crippen LogP contribution in [-0.2, 0) is 6.54 Å². The summed E-state index contributed by atoms with van der Waals surface area (Å²) in [5.74, 6) is -2.06. The SMILES string of the molecule is CCOc1ccc(-c2ccc(=O)n(CCNC(=O)c3c(F)cccc3F)n2)cc1. The van der Waals surface area contributed by atoms with Crippen molar-refractivity contribution in [3.63, 3.8) is 0 Å². The number of carbonyl (C=O) groups excluding carboxylic acids is 1. The predicted molar refractivity (Wildman–Crippen MR) is 104 cm³/mol. The molecule has 29 heavy (non-hydrogen) atoms. The Morgan fingerprint density at radius 3 is 2.41 bits per heavy atom. The van der Waals surface area contributed by atoms with Crippen LogP contribution in [-0.4, -0.2) is 28.8 Å². The first kappa shape index (κ1) is 20.2. The van der Waals surface area contributed by atoms with E-state index in [1.54, 1.807) is 18.2 Å². The van der Waals surface area contributed by atoms with E-state index in [2.05, 4.69) is 10.4 Å². The molecule has 0 aliphatic carbocycles. The Hall–Kier alpha value is -3.55. The third-order valence-electron chi connectivity index (χ3n) is 4.13. The van der Waals surface area contributed by atoms with Crippen LogP contribution >= 0.6 is 0 Å². The highest BCUT2D eigenvalue weighted by molar-refractivity contribution is 5.94. The molecule has 1 aromatic heterocycles. The minimum absolute atomic E-state index is 0.0216. The monoisotopic (exact) mass is 399 g/mol. The number of carbonyl (C=O) groups is 1. The number of rotatable bonds is 7. The van der Waals surface area contributed by atoms with Gasteiger partial charge in [0, 0.05) is 18.2 Å². The third-order valence-corrected chi connectivity index (χ3v) is 4.13. The van der Waals surface area contributed by atoms with E-state index in [0.717, 1.165) is 23.4 Å². The quantitative estimate of drug-likeness (QED) is 0.663. The minimum atomic E-state index is -0.949. The number of aromatic nitrogens is 2. The number of nitrogens with zero attached hydrogens (tertiary/aromatic N) is 2. The molecule has 0 radical (unpaired) electrons. The Morgan fingerprint density at radius 1 is 1.07 bits per heavy atom. The number of nitrogens with one attached hydrogen (secondary N) is 1. The van der Waals surface area contributed by atoms with E-state index in [4.69, 9.17) is 4.74 Å². The van der Waals surface area contributed by atoms with Crippen LogP contribution in [0.3, 0.4) is 0 Å². The van der Waals surface area contributed by atoms with Crippen molar-refractivity contribution in [3.8, 4) is 17.0 Å². The average molecular weight is 399 g/mol. The first-order chi connectivity index (χ1) is 14.0. The molecule has 8 heteroatoms. The number of hydrogen-bond acceptors (Lipinski definition) is 4. The number of amides is 1. The van der Waals surface area contributed by atoms with Crippen molar-refractivity contribution >= 4 is 5.91 Å². The zero-order valence-electron chi connectivity index (χ0n) is 15.7. The van der Waals surface area contributed by atoms with Crippen LogP contribution in [0.1, 0.15) is 17.3 Å². The third kappa shape index (κ3) is 4.84. The maximum atomic E-state index is 13.7. The van der Waals surface area contributed by atoms with Crippen LogP contribution < -0.4 is 15.6 Å². The Labute approximate surface area is 165 Å². The summed E-state index contributed by atoms with van der Waals surface area (Å²) in [6, 6.07) is 13.4. The van der Waals surface area contributed by atoms with Crippen molar-refractivity contribution in [1.82, 2.24) is 15.1 Å². The molecule has 0 aliphatic rings. The highest BCUT2D eigenvalue weighted by Crippen LogP contribution is 2.19. The van der Waals surface area contributed by atoms with Crippen LogP contribution in [0, 0.1) is 11.6 Å². The Balaban J connectivity index is 1.69. The summed E-state index contributed by atoms with van der Waals surface area (Å²) >= 11 is 0. The summed E-state index contributed by atoms with van der Waals surface area (Å²) in [6.07, 6.45) is 0. The normalized spacial score (nSPS) is 10.6. The van der Waals surface area contributed by atoms with E-state index >= 15 is 0 Å². The lowest BCUT2D eigenvalue weighted by molar-refractivity contribution is 0.0943. The second-order valence-electron chi connectivity index (χ2n) is 6.09. The zero-order valence-corrected chi connectivity index (χ0v) is 15.7. The van der Waals surface area contributed by atoms with Gasteiger partial charge in [0.15, 0.2) is 0 Å². The van der Waals surface area contributed by atoms with E-state index in [-0.39, 0.29) is 18.6 Å². The maximum absolute atomic E-state index is 13.7. The summed E-state index contributed by atoms with van der Waals surface area (Å²) in [5, 5.41) is 6.69. The van der Waals surface area contributed by atoms with Crippen LogP contribution in [0.25, 0.3) is 11.3 Å². The molecule has 2 aromatic carbocycles. The van der Waals surface area contributed by atoms with Gasteiger partial charge in [0.1, 0.15) is 22.9 Å². The molecule has 0 saturated carbocycles. The first-order valence-electron chi connectivity index (χ1n) is 9.03. The first-order valence-corrected chi connectivity index (χ1v) is 9.03. The molecule has 1 amide bonds. The lowest BCUT2D eigenvalue weighted by Crippen LogP contribution is -2.32. The van der Waals surface area contributed by atoms with E-state index in [1.165, 1.54) is 16.8 Å². The molecule has 1 N–H and O–H groups in total. The maximum Gasteiger partial charge on any atom is 0.266 e. The zero-order chi connectivity index (χ0) is 20.8. The molecule has 0 fully saturated rings. The summed E-state index contributed by atoms with van der Waals surface area (Å²) < 4.78 is 33.9. The Morgan fingerprint density at radius 2 is 1.76 bits per heavy atom. The molecule has 1 heterocycles. The highest BCUT2D eigenvalue weighted by Gasteiger charge is 2.16.